The lowest BCUT2D eigenvalue weighted by Crippen LogP contribution is -2.40. The van der Waals surface area contributed by atoms with Crippen LogP contribution in [0.25, 0.3) is 0 Å². The van der Waals surface area contributed by atoms with Crippen molar-refractivity contribution >= 4 is 17.7 Å². The fourth-order valence-electron chi connectivity index (χ4n) is 3.64. The van der Waals surface area contributed by atoms with Crippen LogP contribution in [-0.4, -0.2) is 40.5 Å². The number of carbonyl (C=O) groups excluding carboxylic acids is 2. The summed E-state index contributed by atoms with van der Waals surface area (Å²) in [7, 11) is 0. The van der Waals surface area contributed by atoms with E-state index in [2.05, 4.69) is 0 Å². The molecule has 0 radical (unpaired) electrons. The zero-order valence-electron chi connectivity index (χ0n) is 14.0. The topological polar surface area (TPSA) is 83.9 Å². The summed E-state index contributed by atoms with van der Waals surface area (Å²) in [5.74, 6) is -1.07. The maximum atomic E-state index is 12.6. The fourth-order valence-corrected chi connectivity index (χ4v) is 3.64. The predicted molar refractivity (Wildman–Crippen MR) is 83.4 cm³/mol. The van der Waals surface area contributed by atoms with E-state index in [1.165, 1.54) is 5.06 Å². The number of Topliss-reactive ketones (excluding diaryl/α,β-unsaturated/α-hetero) is 1. The van der Waals surface area contributed by atoms with Crippen molar-refractivity contribution in [2.24, 2.45) is 11.3 Å². The van der Waals surface area contributed by atoms with Gasteiger partial charge in [0.05, 0.1) is 12.8 Å². The second-order valence-electron chi connectivity index (χ2n) is 7.56. The number of nitrogens with zero attached hydrogens (tertiary/aromatic N) is 1. The Labute approximate surface area is 137 Å². The second kappa shape index (κ2) is 7.43. The average molecular weight is 325 g/mol. The molecule has 0 spiro atoms. The SMILES string of the molecule is CC(C)(CC(=O)O)CC(=O)ON1CCCC1C(=O)C1CCCC1. The summed E-state index contributed by atoms with van der Waals surface area (Å²) in [5, 5.41) is 10.4. The molecule has 0 aromatic rings. The molecule has 1 atom stereocenters. The third kappa shape index (κ3) is 5.03. The summed E-state index contributed by atoms with van der Waals surface area (Å²) in [5.41, 5.74) is -0.659. The Bertz CT molecular complexity index is 468. The molecule has 1 aliphatic heterocycles. The van der Waals surface area contributed by atoms with E-state index in [1.807, 2.05) is 0 Å². The van der Waals surface area contributed by atoms with E-state index in [4.69, 9.17) is 9.94 Å². The van der Waals surface area contributed by atoms with Gasteiger partial charge in [-0.1, -0.05) is 26.7 Å². The summed E-state index contributed by atoms with van der Waals surface area (Å²) in [6.45, 7) is 4.04. The molecule has 2 fully saturated rings. The molecule has 1 heterocycles. The van der Waals surface area contributed by atoms with Crippen molar-refractivity contribution in [2.75, 3.05) is 6.54 Å². The van der Waals surface area contributed by atoms with E-state index in [9.17, 15) is 14.4 Å². The van der Waals surface area contributed by atoms with Crippen molar-refractivity contribution in [1.29, 1.82) is 0 Å². The van der Waals surface area contributed by atoms with Gasteiger partial charge >= 0.3 is 11.9 Å². The molecule has 1 aliphatic carbocycles. The van der Waals surface area contributed by atoms with Crippen molar-refractivity contribution < 1.29 is 24.3 Å². The maximum Gasteiger partial charge on any atom is 0.325 e. The molecule has 1 N–H and O–H groups in total. The summed E-state index contributed by atoms with van der Waals surface area (Å²) in [6.07, 6.45) is 5.62. The van der Waals surface area contributed by atoms with Gasteiger partial charge in [0.2, 0.25) is 0 Å². The quantitative estimate of drug-likeness (QED) is 0.774. The van der Waals surface area contributed by atoms with Crippen molar-refractivity contribution in [2.45, 2.75) is 71.3 Å². The van der Waals surface area contributed by atoms with Gasteiger partial charge in [0.1, 0.15) is 6.04 Å². The monoisotopic (exact) mass is 325 g/mol. The third-order valence-electron chi connectivity index (χ3n) is 4.76. The molecule has 6 nitrogen and oxygen atoms in total. The van der Waals surface area contributed by atoms with Crippen LogP contribution < -0.4 is 0 Å². The second-order valence-corrected chi connectivity index (χ2v) is 7.56. The van der Waals surface area contributed by atoms with Gasteiger partial charge < -0.3 is 9.94 Å². The first-order valence-electron chi connectivity index (χ1n) is 8.51. The van der Waals surface area contributed by atoms with Crippen LogP contribution in [0.1, 0.15) is 65.2 Å². The number of hydrogen-bond donors (Lipinski definition) is 1. The van der Waals surface area contributed by atoms with E-state index in [0.717, 1.165) is 38.5 Å². The molecule has 2 rings (SSSR count). The number of rotatable bonds is 7. The Hall–Kier alpha value is -1.43. The molecule has 0 aromatic heterocycles. The Morgan fingerprint density at radius 2 is 1.74 bits per heavy atom. The third-order valence-corrected chi connectivity index (χ3v) is 4.76. The van der Waals surface area contributed by atoms with Gasteiger partial charge in [-0.2, -0.15) is 0 Å². The molecule has 2 aliphatic rings. The Morgan fingerprint density at radius 1 is 1.09 bits per heavy atom. The summed E-state index contributed by atoms with van der Waals surface area (Å²) in [6, 6.07) is -0.315. The number of aliphatic carboxylic acids is 1. The molecule has 1 saturated carbocycles. The first-order valence-corrected chi connectivity index (χ1v) is 8.51. The van der Waals surface area contributed by atoms with Gasteiger partial charge in [0, 0.05) is 12.5 Å². The molecule has 0 aromatic carbocycles. The van der Waals surface area contributed by atoms with Gasteiger partial charge in [-0.3, -0.25) is 14.4 Å². The predicted octanol–water partition coefficient (Wildman–Crippen LogP) is 2.56. The van der Waals surface area contributed by atoms with Crippen LogP contribution in [0.3, 0.4) is 0 Å². The van der Waals surface area contributed by atoms with Crippen LogP contribution in [-0.2, 0) is 19.2 Å². The standard InChI is InChI=1S/C17H27NO5/c1-17(2,10-14(19)20)11-15(21)23-18-9-5-8-13(18)16(22)12-6-3-4-7-12/h12-13H,3-11H2,1-2H3,(H,19,20). The van der Waals surface area contributed by atoms with Crippen LogP contribution in [0.5, 0.6) is 0 Å². The highest BCUT2D eigenvalue weighted by Crippen LogP contribution is 2.31. The highest BCUT2D eigenvalue weighted by Gasteiger charge is 2.38. The van der Waals surface area contributed by atoms with Crippen LogP contribution in [0, 0.1) is 11.3 Å². The first kappa shape index (κ1) is 17.9. The molecule has 0 bridgehead atoms. The minimum atomic E-state index is -0.932. The number of hydroxylamine groups is 2. The highest BCUT2D eigenvalue weighted by molar-refractivity contribution is 5.86. The molecule has 6 heteroatoms. The largest absolute Gasteiger partial charge is 0.481 e. The number of carbonyl (C=O) groups is 3. The van der Waals surface area contributed by atoms with Gasteiger partial charge in [0.25, 0.3) is 0 Å². The molecule has 23 heavy (non-hydrogen) atoms. The van der Waals surface area contributed by atoms with E-state index in [0.29, 0.717) is 6.54 Å². The van der Waals surface area contributed by atoms with E-state index >= 15 is 0 Å². The van der Waals surface area contributed by atoms with Crippen LogP contribution in [0.4, 0.5) is 0 Å². The average Bonchev–Trinajstić information content (AvgIpc) is 3.05. The van der Waals surface area contributed by atoms with Crippen molar-refractivity contribution in [3.8, 4) is 0 Å². The maximum absolute atomic E-state index is 12.6. The van der Waals surface area contributed by atoms with Crippen molar-refractivity contribution in [1.82, 2.24) is 5.06 Å². The van der Waals surface area contributed by atoms with Crippen molar-refractivity contribution in [3.63, 3.8) is 0 Å². The lowest BCUT2D eigenvalue weighted by Gasteiger charge is -2.26. The van der Waals surface area contributed by atoms with E-state index < -0.39 is 17.4 Å². The fraction of sp³-hybridized carbons (Fsp3) is 0.824. The van der Waals surface area contributed by atoms with Crippen molar-refractivity contribution in [3.05, 3.63) is 0 Å². The van der Waals surface area contributed by atoms with Crippen LogP contribution >= 0.6 is 0 Å². The Balaban J connectivity index is 1.89. The summed E-state index contributed by atoms with van der Waals surface area (Å²) in [4.78, 5) is 40.9. The van der Waals surface area contributed by atoms with E-state index in [-0.39, 0.29) is 30.6 Å². The van der Waals surface area contributed by atoms with Gasteiger partial charge in [-0.05, 0) is 31.1 Å². The molecular formula is C17H27NO5. The smallest absolute Gasteiger partial charge is 0.325 e. The van der Waals surface area contributed by atoms with E-state index in [1.54, 1.807) is 13.8 Å². The summed E-state index contributed by atoms with van der Waals surface area (Å²) >= 11 is 0. The number of carboxylic acid groups (broad SMARTS) is 1. The Morgan fingerprint density at radius 3 is 2.35 bits per heavy atom. The molecule has 1 unspecified atom stereocenters. The van der Waals surface area contributed by atoms with Crippen LogP contribution in [0.15, 0.2) is 0 Å². The molecule has 0 amide bonds. The molecule has 130 valence electrons. The zero-order chi connectivity index (χ0) is 17.0. The van der Waals surface area contributed by atoms with Crippen LogP contribution in [0.2, 0.25) is 0 Å². The van der Waals surface area contributed by atoms with Gasteiger partial charge in [-0.25, -0.2) is 0 Å². The molecular weight excluding hydrogens is 298 g/mol. The lowest BCUT2D eigenvalue weighted by molar-refractivity contribution is -0.197. The van der Waals surface area contributed by atoms with Gasteiger partial charge in [0.15, 0.2) is 5.78 Å². The normalized spacial score (nSPS) is 23.1. The molecule has 1 saturated heterocycles. The minimum absolute atomic E-state index is 0.0279. The Kier molecular flexibility index (Phi) is 5.79. The highest BCUT2D eigenvalue weighted by atomic mass is 16.7. The lowest BCUT2D eigenvalue weighted by atomic mass is 9.86. The number of ketones is 1. The number of hydrogen-bond acceptors (Lipinski definition) is 5. The number of carboxylic acids is 1. The summed E-state index contributed by atoms with van der Waals surface area (Å²) < 4.78 is 0. The first-order chi connectivity index (χ1) is 10.8. The zero-order valence-corrected chi connectivity index (χ0v) is 14.0. The van der Waals surface area contributed by atoms with Gasteiger partial charge in [-0.15, -0.1) is 5.06 Å². The minimum Gasteiger partial charge on any atom is -0.481 e.